The number of hydrogen-bond donors (Lipinski definition) is 1. The van der Waals surface area contributed by atoms with Crippen molar-refractivity contribution in [1.29, 1.82) is 0 Å². The fourth-order valence-electron chi connectivity index (χ4n) is 2.50. The van der Waals surface area contributed by atoms with Crippen LogP contribution in [0.15, 0.2) is 60.7 Å². The van der Waals surface area contributed by atoms with Crippen molar-refractivity contribution in [3.8, 4) is 5.75 Å². The van der Waals surface area contributed by atoms with Crippen LogP contribution in [0.25, 0.3) is 5.70 Å². The zero-order valence-corrected chi connectivity index (χ0v) is 12.1. The van der Waals surface area contributed by atoms with Crippen molar-refractivity contribution >= 4 is 5.70 Å². The first-order chi connectivity index (χ1) is 10.4. The van der Waals surface area contributed by atoms with E-state index >= 15 is 0 Å². The summed E-state index contributed by atoms with van der Waals surface area (Å²) in [5.41, 5.74) is 6.36. The molecule has 2 aromatic carbocycles. The number of nitrogens with one attached hydrogen (secondary N) is 1. The first-order valence-electron chi connectivity index (χ1n) is 7.17. The van der Waals surface area contributed by atoms with Crippen LogP contribution in [0.2, 0.25) is 0 Å². The van der Waals surface area contributed by atoms with Gasteiger partial charge in [-0.1, -0.05) is 42.5 Å². The van der Waals surface area contributed by atoms with Crippen molar-refractivity contribution < 1.29 is 9.57 Å². The third-order valence-corrected chi connectivity index (χ3v) is 3.63. The van der Waals surface area contributed by atoms with Crippen LogP contribution in [0.5, 0.6) is 5.75 Å². The maximum absolute atomic E-state index is 5.64. The second-order valence-electron chi connectivity index (χ2n) is 5.06. The Morgan fingerprint density at radius 2 is 1.81 bits per heavy atom. The summed E-state index contributed by atoms with van der Waals surface area (Å²) in [6.45, 7) is 0. The van der Waals surface area contributed by atoms with Gasteiger partial charge < -0.3 is 4.74 Å². The van der Waals surface area contributed by atoms with E-state index < -0.39 is 0 Å². The highest BCUT2D eigenvalue weighted by Crippen LogP contribution is 2.28. The Labute approximate surface area is 125 Å². The molecule has 0 amide bonds. The fourth-order valence-corrected chi connectivity index (χ4v) is 2.50. The van der Waals surface area contributed by atoms with E-state index in [-0.39, 0.29) is 6.10 Å². The van der Waals surface area contributed by atoms with Gasteiger partial charge in [-0.3, -0.25) is 10.3 Å². The predicted molar refractivity (Wildman–Crippen MR) is 83.7 cm³/mol. The summed E-state index contributed by atoms with van der Waals surface area (Å²) in [6.07, 6.45) is 4.17. The Balaban J connectivity index is 1.67. The van der Waals surface area contributed by atoms with E-state index in [1.165, 1.54) is 5.56 Å². The average molecular weight is 281 g/mol. The number of benzene rings is 2. The van der Waals surface area contributed by atoms with E-state index in [2.05, 4.69) is 35.8 Å². The molecule has 0 spiro atoms. The minimum atomic E-state index is 0.0881. The van der Waals surface area contributed by atoms with Crippen LogP contribution in [0.4, 0.5) is 0 Å². The number of methoxy groups -OCH3 is 1. The van der Waals surface area contributed by atoms with Gasteiger partial charge in [0.15, 0.2) is 0 Å². The van der Waals surface area contributed by atoms with Gasteiger partial charge in [-0.15, -0.1) is 0 Å². The van der Waals surface area contributed by atoms with Gasteiger partial charge in [-0.05, 0) is 36.6 Å². The number of hydroxylamine groups is 1. The van der Waals surface area contributed by atoms with Gasteiger partial charge in [0, 0.05) is 5.56 Å². The third-order valence-electron chi connectivity index (χ3n) is 3.63. The van der Waals surface area contributed by atoms with Crippen LogP contribution in [0.3, 0.4) is 0 Å². The van der Waals surface area contributed by atoms with Crippen molar-refractivity contribution in [2.45, 2.75) is 18.9 Å². The molecule has 1 atom stereocenters. The highest BCUT2D eigenvalue weighted by atomic mass is 16.7. The lowest BCUT2D eigenvalue weighted by Gasteiger charge is -2.09. The van der Waals surface area contributed by atoms with E-state index in [0.717, 1.165) is 29.9 Å². The third kappa shape index (κ3) is 3.26. The minimum Gasteiger partial charge on any atom is -0.496 e. The lowest BCUT2D eigenvalue weighted by atomic mass is 10.0. The summed E-state index contributed by atoms with van der Waals surface area (Å²) in [5.74, 6) is 0.851. The maximum atomic E-state index is 5.64. The molecule has 0 bridgehead atoms. The van der Waals surface area contributed by atoms with E-state index in [1.54, 1.807) is 7.11 Å². The molecule has 0 aliphatic carbocycles. The number of rotatable bonds is 5. The first-order valence-corrected chi connectivity index (χ1v) is 7.17. The molecule has 3 nitrogen and oxygen atoms in total. The zero-order valence-electron chi connectivity index (χ0n) is 12.1. The summed E-state index contributed by atoms with van der Waals surface area (Å²) < 4.78 is 5.39. The molecule has 0 fully saturated rings. The SMILES string of the molecule is COc1ccccc1C1=CC(CCc2ccccc2)ON1. The summed E-state index contributed by atoms with van der Waals surface area (Å²) in [6, 6.07) is 18.4. The molecular formula is C18H19NO2. The molecule has 1 unspecified atom stereocenters. The van der Waals surface area contributed by atoms with Crippen LogP contribution in [0.1, 0.15) is 17.5 Å². The van der Waals surface area contributed by atoms with Crippen molar-refractivity contribution in [1.82, 2.24) is 5.48 Å². The molecule has 2 aromatic rings. The zero-order chi connectivity index (χ0) is 14.5. The fraction of sp³-hybridized carbons (Fsp3) is 0.222. The molecular weight excluding hydrogens is 262 g/mol. The highest BCUT2D eigenvalue weighted by molar-refractivity contribution is 5.69. The first kappa shape index (κ1) is 13.7. The lowest BCUT2D eigenvalue weighted by Crippen LogP contribution is -2.13. The number of aryl methyl sites for hydroxylation is 1. The van der Waals surface area contributed by atoms with E-state index in [0.29, 0.717) is 0 Å². The number of ether oxygens (including phenoxy) is 1. The average Bonchev–Trinajstić information content (AvgIpc) is 3.02. The Morgan fingerprint density at radius 3 is 2.62 bits per heavy atom. The van der Waals surface area contributed by atoms with E-state index in [1.807, 2.05) is 30.3 Å². The molecule has 0 saturated carbocycles. The molecule has 1 N–H and O–H groups in total. The van der Waals surface area contributed by atoms with Crippen molar-refractivity contribution in [3.63, 3.8) is 0 Å². The minimum absolute atomic E-state index is 0.0881. The van der Waals surface area contributed by atoms with Crippen molar-refractivity contribution in [2.24, 2.45) is 0 Å². The van der Waals surface area contributed by atoms with Crippen molar-refractivity contribution in [3.05, 3.63) is 71.8 Å². The number of para-hydroxylation sites is 1. The summed E-state index contributed by atoms with van der Waals surface area (Å²) in [5, 5.41) is 0. The molecule has 108 valence electrons. The van der Waals surface area contributed by atoms with Gasteiger partial charge in [0.2, 0.25) is 0 Å². The Bertz CT molecular complexity index is 622. The maximum Gasteiger partial charge on any atom is 0.128 e. The van der Waals surface area contributed by atoms with Gasteiger partial charge in [0.25, 0.3) is 0 Å². The van der Waals surface area contributed by atoms with E-state index in [9.17, 15) is 0 Å². The molecule has 1 heterocycles. The quantitative estimate of drug-likeness (QED) is 0.908. The lowest BCUT2D eigenvalue weighted by molar-refractivity contribution is 0.0469. The molecule has 3 rings (SSSR count). The van der Waals surface area contributed by atoms with Crippen LogP contribution < -0.4 is 10.2 Å². The molecule has 0 radical (unpaired) electrons. The largest absolute Gasteiger partial charge is 0.496 e. The molecule has 3 heteroatoms. The van der Waals surface area contributed by atoms with Gasteiger partial charge in [-0.2, -0.15) is 0 Å². The molecule has 0 saturated heterocycles. The van der Waals surface area contributed by atoms with Crippen LogP contribution in [-0.4, -0.2) is 13.2 Å². The predicted octanol–water partition coefficient (Wildman–Crippen LogP) is 3.57. The summed E-state index contributed by atoms with van der Waals surface area (Å²) in [4.78, 5) is 5.64. The van der Waals surface area contributed by atoms with E-state index in [4.69, 9.17) is 9.57 Å². The summed E-state index contributed by atoms with van der Waals surface area (Å²) in [7, 11) is 1.68. The molecule has 0 aromatic heterocycles. The van der Waals surface area contributed by atoms with Gasteiger partial charge >= 0.3 is 0 Å². The second kappa shape index (κ2) is 6.46. The van der Waals surface area contributed by atoms with Gasteiger partial charge in [0.1, 0.15) is 11.9 Å². The van der Waals surface area contributed by atoms with Crippen LogP contribution in [0, 0.1) is 0 Å². The van der Waals surface area contributed by atoms with Crippen LogP contribution in [-0.2, 0) is 11.3 Å². The van der Waals surface area contributed by atoms with Gasteiger partial charge in [0.05, 0.1) is 12.8 Å². The second-order valence-corrected chi connectivity index (χ2v) is 5.06. The van der Waals surface area contributed by atoms with Crippen LogP contribution >= 0.6 is 0 Å². The smallest absolute Gasteiger partial charge is 0.128 e. The standard InChI is InChI=1S/C18H19NO2/c1-20-18-10-6-5-9-16(18)17-13-15(21-19-17)12-11-14-7-3-2-4-8-14/h2-10,13,15,19H,11-12H2,1H3. The van der Waals surface area contributed by atoms with Crippen molar-refractivity contribution in [2.75, 3.05) is 7.11 Å². The normalized spacial score (nSPS) is 17.2. The molecule has 1 aliphatic rings. The number of hydrogen-bond acceptors (Lipinski definition) is 3. The Morgan fingerprint density at radius 1 is 1.05 bits per heavy atom. The Kier molecular flexibility index (Phi) is 4.22. The monoisotopic (exact) mass is 281 g/mol. The molecule has 1 aliphatic heterocycles. The topological polar surface area (TPSA) is 30.5 Å². The van der Waals surface area contributed by atoms with Gasteiger partial charge in [-0.25, -0.2) is 0 Å². The highest BCUT2D eigenvalue weighted by Gasteiger charge is 2.19. The Hall–Kier alpha value is -2.26. The molecule has 21 heavy (non-hydrogen) atoms. The summed E-state index contributed by atoms with van der Waals surface area (Å²) >= 11 is 0.